The SMILES string of the molecule is O=C(NC1CC1)[C@H]1CC[C@@H](c2ccccc2)N(Cc2ccc(F)cc2)C1. The average Bonchev–Trinajstić information content (AvgIpc) is 3.48. The predicted octanol–water partition coefficient (Wildman–Crippen LogP) is 4.06. The maximum atomic E-state index is 13.2. The first kappa shape index (κ1) is 17.2. The molecule has 0 radical (unpaired) electrons. The van der Waals surface area contributed by atoms with E-state index in [0.29, 0.717) is 12.1 Å². The molecule has 1 saturated heterocycles. The van der Waals surface area contributed by atoms with E-state index in [-0.39, 0.29) is 17.6 Å². The molecule has 0 bridgehead atoms. The van der Waals surface area contributed by atoms with Gasteiger partial charge in [-0.25, -0.2) is 4.39 Å². The minimum atomic E-state index is -0.214. The van der Waals surface area contributed by atoms with Crippen LogP contribution in [-0.2, 0) is 11.3 Å². The number of piperidine rings is 1. The molecule has 4 rings (SSSR count). The highest BCUT2D eigenvalue weighted by Gasteiger charge is 2.34. The van der Waals surface area contributed by atoms with Gasteiger partial charge in [0, 0.05) is 25.2 Å². The third kappa shape index (κ3) is 4.13. The zero-order valence-corrected chi connectivity index (χ0v) is 14.9. The maximum Gasteiger partial charge on any atom is 0.224 e. The Bertz CT molecular complexity index is 742. The fourth-order valence-electron chi connectivity index (χ4n) is 3.86. The third-order valence-electron chi connectivity index (χ3n) is 5.46. The summed E-state index contributed by atoms with van der Waals surface area (Å²) in [6.07, 6.45) is 4.11. The number of hydrogen-bond acceptors (Lipinski definition) is 2. The first-order chi connectivity index (χ1) is 12.7. The fourth-order valence-corrected chi connectivity index (χ4v) is 3.86. The van der Waals surface area contributed by atoms with Crippen molar-refractivity contribution < 1.29 is 9.18 Å². The number of hydrogen-bond donors (Lipinski definition) is 1. The number of likely N-dealkylation sites (tertiary alicyclic amines) is 1. The summed E-state index contributed by atoms with van der Waals surface area (Å²) >= 11 is 0. The van der Waals surface area contributed by atoms with Crippen molar-refractivity contribution >= 4 is 5.91 Å². The summed E-state index contributed by atoms with van der Waals surface area (Å²) in [5.41, 5.74) is 2.37. The molecule has 1 aliphatic heterocycles. The van der Waals surface area contributed by atoms with Gasteiger partial charge in [-0.1, -0.05) is 42.5 Å². The molecule has 1 saturated carbocycles. The van der Waals surface area contributed by atoms with Gasteiger partial charge in [-0.3, -0.25) is 9.69 Å². The Morgan fingerprint density at radius 3 is 2.42 bits per heavy atom. The van der Waals surface area contributed by atoms with Crippen molar-refractivity contribution in [3.63, 3.8) is 0 Å². The normalized spacial score (nSPS) is 23.6. The Labute approximate surface area is 154 Å². The number of carbonyl (C=O) groups is 1. The molecule has 1 amide bonds. The molecule has 26 heavy (non-hydrogen) atoms. The van der Waals surface area contributed by atoms with Crippen LogP contribution in [0.25, 0.3) is 0 Å². The topological polar surface area (TPSA) is 32.3 Å². The van der Waals surface area contributed by atoms with E-state index < -0.39 is 0 Å². The van der Waals surface area contributed by atoms with Crippen LogP contribution in [0.5, 0.6) is 0 Å². The van der Waals surface area contributed by atoms with E-state index in [4.69, 9.17) is 0 Å². The number of amides is 1. The molecule has 1 aliphatic carbocycles. The first-order valence-corrected chi connectivity index (χ1v) is 9.53. The summed E-state index contributed by atoms with van der Waals surface area (Å²) in [6, 6.07) is 17.9. The molecule has 1 heterocycles. The van der Waals surface area contributed by atoms with Gasteiger partial charge in [0.25, 0.3) is 0 Å². The first-order valence-electron chi connectivity index (χ1n) is 9.53. The fraction of sp³-hybridized carbons (Fsp3) is 0.409. The zero-order valence-electron chi connectivity index (χ0n) is 14.9. The van der Waals surface area contributed by atoms with Gasteiger partial charge in [-0.05, 0) is 48.9 Å². The van der Waals surface area contributed by atoms with Gasteiger partial charge in [0.15, 0.2) is 0 Å². The summed E-state index contributed by atoms with van der Waals surface area (Å²) in [7, 11) is 0. The van der Waals surface area contributed by atoms with Crippen molar-refractivity contribution in [2.24, 2.45) is 5.92 Å². The number of rotatable bonds is 5. The lowest BCUT2D eigenvalue weighted by Gasteiger charge is -2.39. The van der Waals surface area contributed by atoms with Crippen LogP contribution in [0, 0.1) is 11.7 Å². The molecular weight excluding hydrogens is 327 g/mol. The van der Waals surface area contributed by atoms with Crippen molar-refractivity contribution in [3.05, 3.63) is 71.5 Å². The second-order valence-electron chi connectivity index (χ2n) is 7.54. The van der Waals surface area contributed by atoms with Crippen LogP contribution in [0.15, 0.2) is 54.6 Å². The molecule has 1 N–H and O–H groups in total. The molecule has 2 aromatic carbocycles. The lowest BCUT2D eigenvalue weighted by atomic mass is 9.88. The Hall–Kier alpha value is -2.20. The van der Waals surface area contributed by atoms with E-state index >= 15 is 0 Å². The smallest absolute Gasteiger partial charge is 0.224 e. The second kappa shape index (κ2) is 7.58. The van der Waals surface area contributed by atoms with Gasteiger partial charge in [0.05, 0.1) is 5.92 Å². The highest BCUT2D eigenvalue weighted by molar-refractivity contribution is 5.79. The Kier molecular flexibility index (Phi) is 5.02. The highest BCUT2D eigenvalue weighted by Crippen LogP contribution is 2.35. The van der Waals surface area contributed by atoms with Gasteiger partial charge < -0.3 is 5.32 Å². The van der Waals surface area contributed by atoms with E-state index in [1.54, 1.807) is 0 Å². The molecule has 136 valence electrons. The zero-order chi connectivity index (χ0) is 17.9. The Balaban J connectivity index is 1.52. The number of carbonyl (C=O) groups excluding carboxylic acids is 1. The van der Waals surface area contributed by atoms with Crippen molar-refractivity contribution in [2.75, 3.05) is 6.54 Å². The van der Waals surface area contributed by atoms with Crippen molar-refractivity contribution in [3.8, 4) is 0 Å². The maximum absolute atomic E-state index is 13.2. The van der Waals surface area contributed by atoms with E-state index in [1.165, 1.54) is 17.7 Å². The number of nitrogens with zero attached hydrogens (tertiary/aromatic N) is 1. The molecule has 2 aromatic rings. The summed E-state index contributed by atoms with van der Waals surface area (Å²) in [5, 5.41) is 3.15. The molecule has 2 aliphatic rings. The number of benzene rings is 2. The predicted molar refractivity (Wildman–Crippen MR) is 99.9 cm³/mol. The molecule has 2 fully saturated rings. The summed E-state index contributed by atoms with van der Waals surface area (Å²) in [4.78, 5) is 14.9. The molecule has 0 spiro atoms. The van der Waals surface area contributed by atoms with Crippen molar-refractivity contribution in [2.45, 2.75) is 44.3 Å². The molecule has 3 nitrogen and oxygen atoms in total. The van der Waals surface area contributed by atoms with Crippen LogP contribution in [0.2, 0.25) is 0 Å². The van der Waals surface area contributed by atoms with Gasteiger partial charge in [0.2, 0.25) is 5.91 Å². The van der Waals surface area contributed by atoms with Gasteiger partial charge >= 0.3 is 0 Å². The molecule has 0 unspecified atom stereocenters. The van der Waals surface area contributed by atoms with E-state index in [1.807, 2.05) is 18.2 Å². The van der Waals surface area contributed by atoms with Gasteiger partial charge in [-0.15, -0.1) is 0 Å². The van der Waals surface area contributed by atoms with Crippen LogP contribution < -0.4 is 5.32 Å². The minimum absolute atomic E-state index is 0.0380. The van der Waals surface area contributed by atoms with Crippen LogP contribution in [0.1, 0.15) is 42.9 Å². The molecular formula is C22H25FN2O. The summed E-state index contributed by atoms with van der Waals surface area (Å²) in [6.45, 7) is 1.47. The lowest BCUT2D eigenvalue weighted by Crippen LogP contribution is -2.44. The van der Waals surface area contributed by atoms with Crippen LogP contribution >= 0.6 is 0 Å². The largest absolute Gasteiger partial charge is 0.353 e. The standard InChI is InChI=1S/C22H25FN2O/c23-19-9-6-16(7-10-19)14-25-15-18(22(26)24-20-11-12-20)8-13-21(25)17-4-2-1-3-5-17/h1-7,9-10,18,20-21H,8,11-15H2,(H,24,26)/t18-,21-/m0/s1. The summed E-state index contributed by atoms with van der Waals surface area (Å²) < 4.78 is 13.2. The monoisotopic (exact) mass is 352 g/mol. The van der Waals surface area contributed by atoms with Crippen LogP contribution in [0.4, 0.5) is 4.39 Å². The van der Waals surface area contributed by atoms with E-state index in [2.05, 4.69) is 34.5 Å². The van der Waals surface area contributed by atoms with E-state index in [9.17, 15) is 9.18 Å². The van der Waals surface area contributed by atoms with Gasteiger partial charge in [-0.2, -0.15) is 0 Å². The molecule has 0 aromatic heterocycles. The van der Waals surface area contributed by atoms with Crippen molar-refractivity contribution in [1.29, 1.82) is 0 Å². The molecule has 2 atom stereocenters. The molecule has 4 heteroatoms. The third-order valence-corrected chi connectivity index (χ3v) is 5.46. The average molecular weight is 352 g/mol. The van der Waals surface area contributed by atoms with Crippen LogP contribution in [-0.4, -0.2) is 23.4 Å². The van der Waals surface area contributed by atoms with Gasteiger partial charge in [0.1, 0.15) is 5.82 Å². The number of nitrogens with one attached hydrogen (secondary N) is 1. The Morgan fingerprint density at radius 2 is 1.73 bits per heavy atom. The van der Waals surface area contributed by atoms with Crippen LogP contribution in [0.3, 0.4) is 0 Å². The lowest BCUT2D eigenvalue weighted by molar-refractivity contribution is -0.127. The highest BCUT2D eigenvalue weighted by atomic mass is 19.1. The van der Waals surface area contributed by atoms with Crippen molar-refractivity contribution in [1.82, 2.24) is 10.2 Å². The minimum Gasteiger partial charge on any atom is -0.353 e. The summed E-state index contributed by atoms with van der Waals surface area (Å²) in [5.74, 6) is 0.0211. The quantitative estimate of drug-likeness (QED) is 0.880. The Morgan fingerprint density at radius 1 is 1.00 bits per heavy atom. The van der Waals surface area contributed by atoms with E-state index in [0.717, 1.165) is 44.3 Å². The second-order valence-corrected chi connectivity index (χ2v) is 7.54. The number of halogens is 1.